The maximum Gasteiger partial charge on any atom is 0.291 e. The Morgan fingerprint density at radius 2 is 1.53 bits per heavy atom. The predicted molar refractivity (Wildman–Crippen MR) is 146 cm³/mol. The molecule has 0 aliphatic carbocycles. The standard InChI is InChI=1S/C26H19BrN4O4S/c1-18-7-13-22(14-8-18)29(36-25-16-15-23(30(32)33)17-24(25)31(34)35)26(19-5-3-2-4-6-19)28-21-11-9-20(27)10-12-21/h2-17H,1H3. The summed E-state index contributed by atoms with van der Waals surface area (Å²) in [6.45, 7) is 1.97. The third-order valence-electron chi connectivity index (χ3n) is 5.09. The molecule has 0 radical (unpaired) electrons. The number of aryl methyl sites for hydroxylation is 1. The van der Waals surface area contributed by atoms with Crippen LogP contribution in [0.3, 0.4) is 0 Å². The van der Waals surface area contributed by atoms with Crippen molar-refractivity contribution in [1.82, 2.24) is 0 Å². The van der Waals surface area contributed by atoms with Crippen molar-refractivity contribution in [1.29, 1.82) is 0 Å². The summed E-state index contributed by atoms with van der Waals surface area (Å²) in [4.78, 5) is 27.0. The van der Waals surface area contributed by atoms with Crippen LogP contribution in [0.5, 0.6) is 0 Å². The molecule has 0 unspecified atom stereocenters. The molecule has 0 saturated carbocycles. The highest BCUT2D eigenvalue weighted by Crippen LogP contribution is 2.38. The zero-order valence-electron chi connectivity index (χ0n) is 18.9. The van der Waals surface area contributed by atoms with E-state index < -0.39 is 9.85 Å². The van der Waals surface area contributed by atoms with Crippen LogP contribution in [0, 0.1) is 27.2 Å². The van der Waals surface area contributed by atoms with Crippen molar-refractivity contribution in [3.63, 3.8) is 0 Å². The maximum atomic E-state index is 11.8. The van der Waals surface area contributed by atoms with Gasteiger partial charge in [0.05, 0.1) is 27.3 Å². The average molecular weight is 563 g/mol. The third-order valence-corrected chi connectivity index (χ3v) is 6.73. The first-order chi connectivity index (χ1) is 17.3. The van der Waals surface area contributed by atoms with Gasteiger partial charge in [-0.05, 0) is 49.4 Å². The number of halogens is 1. The van der Waals surface area contributed by atoms with Gasteiger partial charge >= 0.3 is 0 Å². The van der Waals surface area contributed by atoms with E-state index in [0.717, 1.165) is 39.3 Å². The monoisotopic (exact) mass is 562 g/mol. The second kappa shape index (κ2) is 11.1. The van der Waals surface area contributed by atoms with Crippen LogP contribution < -0.4 is 4.31 Å². The fourth-order valence-corrected chi connectivity index (χ4v) is 4.57. The molecule has 0 aromatic heterocycles. The number of benzene rings is 4. The van der Waals surface area contributed by atoms with Crippen molar-refractivity contribution in [3.05, 3.63) is 133 Å². The molecule has 4 rings (SSSR count). The van der Waals surface area contributed by atoms with E-state index in [1.54, 1.807) is 4.31 Å². The van der Waals surface area contributed by atoms with Crippen LogP contribution in [0.2, 0.25) is 0 Å². The number of nitro groups is 2. The van der Waals surface area contributed by atoms with Gasteiger partial charge in [-0.15, -0.1) is 0 Å². The molecule has 0 fully saturated rings. The van der Waals surface area contributed by atoms with E-state index in [2.05, 4.69) is 15.9 Å². The molecule has 0 amide bonds. The minimum absolute atomic E-state index is 0.241. The highest BCUT2D eigenvalue weighted by molar-refractivity contribution is 9.10. The molecule has 8 nitrogen and oxygen atoms in total. The van der Waals surface area contributed by atoms with Crippen LogP contribution in [0.15, 0.2) is 111 Å². The number of non-ortho nitro benzene ring substituents is 1. The fourth-order valence-electron chi connectivity index (χ4n) is 3.29. The van der Waals surface area contributed by atoms with Crippen molar-refractivity contribution in [2.75, 3.05) is 4.31 Å². The van der Waals surface area contributed by atoms with E-state index in [-0.39, 0.29) is 16.3 Å². The predicted octanol–water partition coefficient (Wildman–Crippen LogP) is 7.87. The van der Waals surface area contributed by atoms with Crippen molar-refractivity contribution in [3.8, 4) is 0 Å². The lowest BCUT2D eigenvalue weighted by molar-refractivity contribution is -0.396. The number of rotatable bonds is 7. The van der Waals surface area contributed by atoms with E-state index in [1.807, 2.05) is 85.8 Å². The van der Waals surface area contributed by atoms with Gasteiger partial charge in [0.15, 0.2) is 5.84 Å². The number of amidine groups is 1. The Balaban J connectivity index is 1.90. The van der Waals surface area contributed by atoms with Crippen LogP contribution in [0.4, 0.5) is 22.7 Å². The Morgan fingerprint density at radius 3 is 2.14 bits per heavy atom. The number of nitrogens with zero attached hydrogens (tertiary/aromatic N) is 4. The van der Waals surface area contributed by atoms with E-state index in [4.69, 9.17) is 4.99 Å². The molecule has 0 N–H and O–H groups in total. The van der Waals surface area contributed by atoms with Gasteiger partial charge in [-0.2, -0.15) is 0 Å². The largest absolute Gasteiger partial charge is 0.291 e. The highest BCUT2D eigenvalue weighted by atomic mass is 79.9. The zero-order chi connectivity index (χ0) is 25.7. The molecule has 0 atom stereocenters. The summed E-state index contributed by atoms with van der Waals surface area (Å²) in [5.41, 5.74) is 2.56. The molecular formula is C26H19BrN4O4S. The lowest BCUT2D eigenvalue weighted by Crippen LogP contribution is -2.25. The van der Waals surface area contributed by atoms with Gasteiger partial charge in [0.2, 0.25) is 0 Å². The topological polar surface area (TPSA) is 102 Å². The molecule has 0 aliphatic heterocycles. The molecule has 0 bridgehead atoms. The van der Waals surface area contributed by atoms with E-state index in [1.165, 1.54) is 12.1 Å². The molecule has 0 spiro atoms. The second-order valence-electron chi connectivity index (χ2n) is 7.67. The Morgan fingerprint density at radius 1 is 0.861 bits per heavy atom. The van der Waals surface area contributed by atoms with Gasteiger partial charge in [0.1, 0.15) is 4.90 Å². The summed E-state index contributed by atoms with van der Waals surface area (Å²) in [5, 5.41) is 23.1. The molecule has 0 heterocycles. The number of aliphatic imine (C=N–C) groups is 1. The summed E-state index contributed by atoms with van der Waals surface area (Å²) in [6, 6.07) is 28.3. The lowest BCUT2D eigenvalue weighted by atomic mass is 10.2. The van der Waals surface area contributed by atoms with Crippen LogP contribution in [-0.4, -0.2) is 15.7 Å². The van der Waals surface area contributed by atoms with Crippen molar-refractivity contribution in [2.45, 2.75) is 11.8 Å². The van der Waals surface area contributed by atoms with Gasteiger partial charge in [0.25, 0.3) is 11.4 Å². The number of nitro benzene ring substituents is 2. The van der Waals surface area contributed by atoms with Gasteiger partial charge in [-0.3, -0.25) is 24.5 Å². The quantitative estimate of drug-likeness (QED) is 0.0746. The molecule has 0 saturated heterocycles. The van der Waals surface area contributed by atoms with Crippen LogP contribution >= 0.6 is 27.9 Å². The summed E-state index contributed by atoms with van der Waals surface area (Å²) < 4.78 is 2.71. The highest BCUT2D eigenvalue weighted by Gasteiger charge is 2.25. The molecule has 4 aromatic carbocycles. The van der Waals surface area contributed by atoms with Gasteiger partial charge in [-0.25, -0.2) is 4.99 Å². The first kappa shape index (κ1) is 25.1. The Hall–Kier alpha value is -4.02. The normalized spacial score (nSPS) is 11.2. The summed E-state index contributed by atoms with van der Waals surface area (Å²) in [7, 11) is 0. The smallest absolute Gasteiger partial charge is 0.263 e. The first-order valence-electron chi connectivity index (χ1n) is 10.7. The molecule has 10 heteroatoms. The van der Waals surface area contributed by atoms with Crippen LogP contribution in [0.1, 0.15) is 11.1 Å². The Labute approximate surface area is 219 Å². The molecule has 180 valence electrons. The molecule has 0 aliphatic rings. The number of hydrogen-bond acceptors (Lipinski definition) is 6. The SMILES string of the molecule is Cc1ccc(N(Sc2ccc([N+](=O)[O-])cc2[N+](=O)[O-])C(=Nc2ccc(Br)cc2)c2ccccc2)cc1. The first-order valence-corrected chi connectivity index (χ1v) is 12.3. The number of anilines is 1. The minimum Gasteiger partial charge on any atom is -0.263 e. The van der Waals surface area contributed by atoms with Crippen LogP contribution in [0.25, 0.3) is 0 Å². The van der Waals surface area contributed by atoms with E-state index >= 15 is 0 Å². The summed E-state index contributed by atoms with van der Waals surface area (Å²) >= 11 is 4.51. The molecule has 36 heavy (non-hydrogen) atoms. The van der Waals surface area contributed by atoms with E-state index in [0.29, 0.717) is 11.5 Å². The second-order valence-corrected chi connectivity index (χ2v) is 9.57. The lowest BCUT2D eigenvalue weighted by Gasteiger charge is -2.25. The van der Waals surface area contributed by atoms with Crippen molar-refractivity contribution in [2.24, 2.45) is 4.99 Å². The van der Waals surface area contributed by atoms with Gasteiger partial charge in [0, 0.05) is 28.1 Å². The number of hydrogen-bond donors (Lipinski definition) is 0. The minimum atomic E-state index is -0.649. The van der Waals surface area contributed by atoms with Crippen molar-refractivity contribution < 1.29 is 9.85 Å². The summed E-state index contributed by atoms with van der Waals surface area (Å²) in [5.74, 6) is 0.541. The molecular weight excluding hydrogens is 544 g/mol. The zero-order valence-corrected chi connectivity index (χ0v) is 21.3. The maximum absolute atomic E-state index is 11.8. The summed E-state index contributed by atoms with van der Waals surface area (Å²) in [6.07, 6.45) is 0. The Bertz CT molecular complexity index is 1430. The Kier molecular flexibility index (Phi) is 7.77. The van der Waals surface area contributed by atoms with Gasteiger partial charge < -0.3 is 0 Å². The average Bonchev–Trinajstić information content (AvgIpc) is 2.88. The van der Waals surface area contributed by atoms with Crippen molar-refractivity contribution >= 4 is 56.5 Å². The molecule has 4 aromatic rings. The third kappa shape index (κ3) is 5.96. The van der Waals surface area contributed by atoms with Gasteiger partial charge in [-0.1, -0.05) is 64.0 Å². The van der Waals surface area contributed by atoms with Crippen LogP contribution in [-0.2, 0) is 0 Å². The van der Waals surface area contributed by atoms with E-state index in [9.17, 15) is 20.2 Å². The fraction of sp³-hybridized carbons (Fsp3) is 0.0385.